The fourth-order valence-electron chi connectivity index (χ4n) is 8.46. The second-order valence-corrected chi connectivity index (χ2v) is 16.7. The molecule has 4 aromatic heterocycles. The highest BCUT2D eigenvalue weighted by atomic mass is 16.5. The number of aromatic nitrogens is 10. The largest absolute Gasteiger partial charge is 0.468 e. The van der Waals surface area contributed by atoms with Crippen molar-refractivity contribution in [1.29, 1.82) is 0 Å². The van der Waals surface area contributed by atoms with Gasteiger partial charge >= 0.3 is 5.97 Å². The van der Waals surface area contributed by atoms with Gasteiger partial charge in [-0.2, -0.15) is 20.2 Å². The number of hydrogen-bond acceptors (Lipinski definition) is 12. The molecule has 0 aliphatic heterocycles. The van der Waals surface area contributed by atoms with Crippen LogP contribution in [0.25, 0.3) is 44.6 Å². The van der Waals surface area contributed by atoms with E-state index in [2.05, 4.69) is 63.6 Å². The highest BCUT2D eigenvalue weighted by molar-refractivity contribution is 5.97. The predicted octanol–water partition coefficient (Wildman–Crippen LogP) is 6.71. The van der Waals surface area contributed by atoms with Crippen molar-refractivity contribution in [2.75, 3.05) is 24.3 Å². The topological polar surface area (TPSA) is 227 Å². The lowest BCUT2D eigenvalue weighted by atomic mass is 9.94. The Labute approximate surface area is 366 Å². The summed E-state index contributed by atoms with van der Waals surface area (Å²) in [5.74, 6) is 1.87. The number of carbonyl (C=O) groups is 3. The van der Waals surface area contributed by atoms with Crippen LogP contribution in [-0.4, -0.2) is 87.4 Å². The number of benzene rings is 4. The minimum absolute atomic E-state index is 0.0428. The van der Waals surface area contributed by atoms with E-state index < -0.39 is 5.97 Å². The van der Waals surface area contributed by atoms with Gasteiger partial charge in [-0.1, -0.05) is 24.3 Å². The molecular formula is C46H46N14O4. The number of fused-ring (bicyclic) bond motifs is 2. The molecule has 0 radical (unpaired) electrons. The van der Waals surface area contributed by atoms with Gasteiger partial charge < -0.3 is 26.0 Å². The Morgan fingerprint density at radius 1 is 0.750 bits per heavy atom. The number of nitrogens with one attached hydrogen (secondary N) is 6. The standard InChI is InChI=1S/C46H46N14O4/c1-23(2)50-44(63)28-14-10-26(11-15-28)42-54-46(60(4)58-42)52-36-19-31(40-33(21-49-56-40)38(36)24-6-7-24)29-18-30(29)39-32-20-48-55-34(32)16-17-35(39)51-45-53-41(57-59(45)3)25-8-12-27(13-9-25)43(62)47-22-37(61)64-5/h8-17,19-21,23-24,29-30H,6-7,18,22H2,1-5H3,(H,47,62)(H,48,55)(H,49,56)(H,50,63)(H,51,53,57)(H,52,54,58). The lowest BCUT2D eigenvalue weighted by Crippen LogP contribution is -2.30. The van der Waals surface area contributed by atoms with Crippen molar-refractivity contribution >= 4 is 62.9 Å². The van der Waals surface area contributed by atoms with E-state index in [1.807, 2.05) is 58.5 Å². The van der Waals surface area contributed by atoms with Gasteiger partial charge in [-0.3, -0.25) is 24.6 Å². The SMILES string of the molecule is COC(=O)CNC(=O)c1ccc(-c2nc(Nc3ccc4[nH]ncc4c3C3CC3c3cc(Nc4nc(-c5ccc(C(=O)NC(C)C)cc5)nn4C)c(C4CC4)c4cn[nH]c34)n(C)n2)cc1. The number of aromatic amines is 2. The van der Waals surface area contributed by atoms with E-state index in [1.54, 1.807) is 45.8 Å². The van der Waals surface area contributed by atoms with Gasteiger partial charge in [0, 0.05) is 64.5 Å². The van der Waals surface area contributed by atoms with Crippen LogP contribution in [0.5, 0.6) is 0 Å². The molecule has 4 aromatic carbocycles. The van der Waals surface area contributed by atoms with Crippen molar-refractivity contribution in [2.45, 2.75) is 56.9 Å². The number of anilines is 4. The number of methoxy groups -OCH3 is 1. The van der Waals surface area contributed by atoms with E-state index in [9.17, 15) is 14.4 Å². The average Bonchev–Trinajstić information content (AvgIpc) is 4.06. The summed E-state index contributed by atoms with van der Waals surface area (Å²) in [6.45, 7) is 3.66. The summed E-state index contributed by atoms with van der Waals surface area (Å²) < 4.78 is 8.06. The Morgan fingerprint density at radius 3 is 1.98 bits per heavy atom. The van der Waals surface area contributed by atoms with Crippen LogP contribution < -0.4 is 21.3 Å². The molecule has 2 unspecified atom stereocenters. The van der Waals surface area contributed by atoms with Crippen LogP contribution in [0.1, 0.15) is 88.3 Å². The zero-order chi connectivity index (χ0) is 44.2. The number of rotatable bonds is 14. The number of H-pyrrole nitrogens is 2. The monoisotopic (exact) mass is 858 g/mol. The molecule has 8 aromatic rings. The van der Waals surface area contributed by atoms with Gasteiger partial charge in [-0.15, -0.1) is 10.2 Å². The second-order valence-electron chi connectivity index (χ2n) is 16.7. The van der Waals surface area contributed by atoms with Crippen molar-refractivity contribution in [1.82, 2.24) is 60.6 Å². The van der Waals surface area contributed by atoms with Gasteiger partial charge in [0.15, 0.2) is 11.6 Å². The van der Waals surface area contributed by atoms with E-state index in [0.717, 1.165) is 74.7 Å². The molecular weight excluding hydrogens is 813 g/mol. The maximum absolute atomic E-state index is 12.6. The molecule has 4 heterocycles. The van der Waals surface area contributed by atoms with E-state index in [1.165, 1.54) is 12.7 Å². The predicted molar refractivity (Wildman–Crippen MR) is 241 cm³/mol. The first kappa shape index (κ1) is 40.2. The molecule has 64 heavy (non-hydrogen) atoms. The minimum atomic E-state index is -0.529. The first-order valence-corrected chi connectivity index (χ1v) is 21.2. The molecule has 18 heteroatoms. The molecule has 2 atom stereocenters. The Balaban J connectivity index is 0.929. The highest BCUT2D eigenvalue weighted by Crippen LogP contribution is 2.60. The number of amides is 2. The number of esters is 1. The molecule has 2 aliphatic carbocycles. The van der Waals surface area contributed by atoms with Crippen LogP contribution in [-0.2, 0) is 23.6 Å². The maximum atomic E-state index is 12.6. The fourth-order valence-corrected chi connectivity index (χ4v) is 8.46. The fraction of sp³-hybridized carbons (Fsp3) is 0.283. The Kier molecular flexibility index (Phi) is 10.1. The average molecular weight is 859 g/mol. The molecule has 2 aliphatic rings. The van der Waals surface area contributed by atoms with E-state index in [4.69, 9.17) is 15.1 Å². The van der Waals surface area contributed by atoms with E-state index >= 15 is 0 Å². The third-order valence-corrected chi connectivity index (χ3v) is 11.9. The summed E-state index contributed by atoms with van der Waals surface area (Å²) >= 11 is 0. The molecule has 10 rings (SSSR count). The third-order valence-electron chi connectivity index (χ3n) is 11.9. The number of carbonyl (C=O) groups excluding carboxylic acids is 3. The molecule has 2 saturated carbocycles. The van der Waals surface area contributed by atoms with Crippen molar-refractivity contribution < 1.29 is 19.1 Å². The normalized spacial score (nSPS) is 15.7. The summed E-state index contributed by atoms with van der Waals surface area (Å²) in [7, 11) is 4.98. The molecule has 0 bridgehead atoms. The number of hydrogen-bond donors (Lipinski definition) is 6. The number of aryl methyl sites for hydroxylation is 2. The first-order valence-electron chi connectivity index (χ1n) is 21.2. The summed E-state index contributed by atoms with van der Waals surface area (Å²) in [5, 5.41) is 39.8. The molecule has 0 saturated heterocycles. The molecule has 0 spiro atoms. The van der Waals surface area contributed by atoms with Crippen molar-refractivity contribution in [3.8, 4) is 22.8 Å². The van der Waals surface area contributed by atoms with Crippen molar-refractivity contribution in [2.24, 2.45) is 14.1 Å². The Bertz CT molecular complexity index is 3080. The smallest absolute Gasteiger partial charge is 0.325 e. The summed E-state index contributed by atoms with van der Waals surface area (Å²) in [6.07, 6.45) is 6.92. The lowest BCUT2D eigenvalue weighted by Gasteiger charge is -2.16. The lowest BCUT2D eigenvalue weighted by molar-refractivity contribution is -0.139. The quantitative estimate of drug-likeness (QED) is 0.0628. The Hall–Kier alpha value is -7.89. The van der Waals surface area contributed by atoms with Crippen molar-refractivity contribution in [3.05, 3.63) is 107 Å². The van der Waals surface area contributed by atoms with Gasteiger partial charge in [0.1, 0.15) is 6.54 Å². The zero-order valence-corrected chi connectivity index (χ0v) is 35.9. The Morgan fingerprint density at radius 2 is 1.36 bits per heavy atom. The van der Waals surface area contributed by atoms with E-state index in [-0.39, 0.29) is 36.2 Å². The number of ether oxygens (including phenoxy) is 1. The maximum Gasteiger partial charge on any atom is 0.325 e. The van der Waals surface area contributed by atoms with Gasteiger partial charge in [0.2, 0.25) is 11.9 Å². The van der Waals surface area contributed by atoms with Gasteiger partial charge in [0.25, 0.3) is 11.8 Å². The van der Waals surface area contributed by atoms with Crippen LogP contribution in [0.4, 0.5) is 23.3 Å². The van der Waals surface area contributed by atoms with Gasteiger partial charge in [0.05, 0.1) is 30.5 Å². The summed E-state index contributed by atoms with van der Waals surface area (Å²) in [5.41, 5.74) is 9.89. The van der Waals surface area contributed by atoms with E-state index in [0.29, 0.717) is 40.6 Å². The first-order chi connectivity index (χ1) is 31.0. The minimum Gasteiger partial charge on any atom is -0.468 e. The molecule has 6 N–H and O–H groups in total. The zero-order valence-electron chi connectivity index (χ0n) is 35.9. The number of nitrogens with zero attached hydrogens (tertiary/aromatic N) is 8. The third kappa shape index (κ3) is 7.67. The van der Waals surface area contributed by atoms with Crippen LogP contribution in [0.15, 0.2) is 79.1 Å². The van der Waals surface area contributed by atoms with Crippen LogP contribution in [0, 0.1) is 0 Å². The van der Waals surface area contributed by atoms with Crippen LogP contribution in [0.3, 0.4) is 0 Å². The summed E-state index contributed by atoms with van der Waals surface area (Å²) in [4.78, 5) is 46.4. The van der Waals surface area contributed by atoms with Crippen LogP contribution >= 0.6 is 0 Å². The molecule has 324 valence electrons. The van der Waals surface area contributed by atoms with Gasteiger partial charge in [-0.25, -0.2) is 9.36 Å². The van der Waals surface area contributed by atoms with Crippen molar-refractivity contribution in [3.63, 3.8) is 0 Å². The molecule has 2 fully saturated rings. The highest BCUT2D eigenvalue weighted by Gasteiger charge is 2.44. The summed E-state index contributed by atoms with van der Waals surface area (Å²) in [6, 6.07) is 20.6. The van der Waals surface area contributed by atoms with Crippen LogP contribution in [0.2, 0.25) is 0 Å². The molecule has 18 nitrogen and oxygen atoms in total. The second kappa shape index (κ2) is 16.1. The molecule has 2 amide bonds. The van der Waals surface area contributed by atoms with Gasteiger partial charge in [-0.05, 0) is 110 Å².